The topological polar surface area (TPSA) is 84.2 Å². The van der Waals surface area contributed by atoms with Crippen LogP contribution in [0.25, 0.3) is 0 Å². The first-order chi connectivity index (χ1) is 9.08. The second-order valence-corrected chi connectivity index (χ2v) is 4.91. The minimum atomic E-state index is -0.526. The average molecular weight is 261 g/mol. The van der Waals surface area contributed by atoms with Gasteiger partial charge < -0.3 is 16.4 Å². The van der Waals surface area contributed by atoms with Gasteiger partial charge in [0.15, 0.2) is 0 Å². The zero-order chi connectivity index (χ0) is 13.8. The lowest BCUT2D eigenvalue weighted by molar-refractivity contribution is 0.0920. The van der Waals surface area contributed by atoms with Gasteiger partial charge in [0.1, 0.15) is 0 Å². The summed E-state index contributed by atoms with van der Waals surface area (Å²) in [6, 6.07) is 6.86. The van der Waals surface area contributed by atoms with Crippen molar-refractivity contribution in [3.63, 3.8) is 0 Å². The molecule has 1 aromatic carbocycles. The van der Waals surface area contributed by atoms with Crippen LogP contribution in [0.5, 0.6) is 0 Å². The molecule has 0 aliphatic carbocycles. The summed E-state index contributed by atoms with van der Waals surface area (Å²) in [5.41, 5.74) is 6.02. The normalized spacial score (nSPS) is 22.8. The van der Waals surface area contributed by atoms with Crippen molar-refractivity contribution in [2.75, 3.05) is 6.54 Å². The predicted octanol–water partition coefficient (Wildman–Crippen LogP) is 0.656. The monoisotopic (exact) mass is 261 g/mol. The molecule has 2 atom stereocenters. The molecule has 0 bridgehead atoms. The van der Waals surface area contributed by atoms with E-state index in [-0.39, 0.29) is 18.0 Å². The molecule has 0 spiro atoms. The Hall–Kier alpha value is -1.88. The molecule has 1 aliphatic rings. The van der Waals surface area contributed by atoms with Crippen molar-refractivity contribution in [3.8, 4) is 0 Å². The van der Waals surface area contributed by atoms with Gasteiger partial charge in [0, 0.05) is 23.2 Å². The van der Waals surface area contributed by atoms with E-state index >= 15 is 0 Å². The van der Waals surface area contributed by atoms with Crippen molar-refractivity contribution in [2.24, 2.45) is 5.73 Å². The van der Waals surface area contributed by atoms with Gasteiger partial charge in [-0.05, 0) is 44.5 Å². The first kappa shape index (κ1) is 13.5. The largest absolute Gasteiger partial charge is 0.366 e. The first-order valence-corrected chi connectivity index (χ1v) is 6.52. The second kappa shape index (κ2) is 5.84. The van der Waals surface area contributed by atoms with Gasteiger partial charge in [-0.3, -0.25) is 9.59 Å². The van der Waals surface area contributed by atoms with Crippen LogP contribution >= 0.6 is 0 Å². The van der Waals surface area contributed by atoms with E-state index in [1.54, 1.807) is 18.2 Å². The number of nitrogens with two attached hydrogens (primary N) is 1. The molecule has 0 aromatic heterocycles. The summed E-state index contributed by atoms with van der Waals surface area (Å²) in [6.07, 6.45) is 2.02. The molecule has 2 rings (SSSR count). The molecular formula is C14H19N3O2. The van der Waals surface area contributed by atoms with Gasteiger partial charge in [-0.15, -0.1) is 0 Å². The number of hydrogen-bond donors (Lipinski definition) is 3. The number of primary amides is 1. The number of rotatable bonds is 3. The molecular weight excluding hydrogens is 242 g/mol. The van der Waals surface area contributed by atoms with Crippen molar-refractivity contribution in [2.45, 2.75) is 31.8 Å². The van der Waals surface area contributed by atoms with Crippen LogP contribution in [-0.4, -0.2) is 30.4 Å². The van der Waals surface area contributed by atoms with Crippen LogP contribution in [0.15, 0.2) is 24.3 Å². The van der Waals surface area contributed by atoms with Crippen LogP contribution < -0.4 is 16.4 Å². The maximum Gasteiger partial charge on any atom is 0.251 e. The fourth-order valence-corrected chi connectivity index (χ4v) is 2.31. The van der Waals surface area contributed by atoms with E-state index in [1.807, 2.05) is 0 Å². The average Bonchev–Trinajstić information content (AvgIpc) is 2.41. The summed E-state index contributed by atoms with van der Waals surface area (Å²) in [6.45, 7) is 3.05. The number of carbonyl (C=O) groups is 2. The van der Waals surface area contributed by atoms with Gasteiger partial charge in [0.2, 0.25) is 5.91 Å². The van der Waals surface area contributed by atoms with Crippen LogP contribution in [0.2, 0.25) is 0 Å². The molecule has 4 N–H and O–H groups in total. The zero-order valence-electron chi connectivity index (χ0n) is 11.0. The minimum absolute atomic E-state index is 0.124. The maximum atomic E-state index is 12.1. The molecule has 0 radical (unpaired) electrons. The lowest BCUT2D eigenvalue weighted by Crippen LogP contribution is -2.51. The van der Waals surface area contributed by atoms with Crippen molar-refractivity contribution in [1.82, 2.24) is 10.6 Å². The molecule has 1 aromatic rings. The summed E-state index contributed by atoms with van der Waals surface area (Å²) in [5.74, 6) is -0.689. The van der Waals surface area contributed by atoms with Gasteiger partial charge in [0.05, 0.1) is 0 Å². The van der Waals surface area contributed by atoms with Gasteiger partial charge in [-0.2, -0.15) is 0 Å². The zero-order valence-corrected chi connectivity index (χ0v) is 11.0. The molecule has 102 valence electrons. The van der Waals surface area contributed by atoms with Gasteiger partial charge >= 0.3 is 0 Å². The van der Waals surface area contributed by atoms with Gasteiger partial charge in [-0.25, -0.2) is 0 Å². The second-order valence-electron chi connectivity index (χ2n) is 4.91. The predicted molar refractivity (Wildman–Crippen MR) is 72.9 cm³/mol. The highest BCUT2D eigenvalue weighted by Crippen LogP contribution is 2.10. The van der Waals surface area contributed by atoms with Gasteiger partial charge in [-0.1, -0.05) is 6.07 Å². The van der Waals surface area contributed by atoms with E-state index in [1.165, 1.54) is 6.07 Å². The van der Waals surface area contributed by atoms with Crippen molar-refractivity contribution < 1.29 is 9.59 Å². The van der Waals surface area contributed by atoms with E-state index in [9.17, 15) is 9.59 Å². The van der Waals surface area contributed by atoms with E-state index in [0.29, 0.717) is 11.1 Å². The Labute approximate surface area is 112 Å². The molecule has 1 heterocycles. The molecule has 1 aliphatic heterocycles. The Morgan fingerprint density at radius 3 is 2.79 bits per heavy atom. The molecule has 2 unspecified atom stereocenters. The third kappa shape index (κ3) is 3.32. The van der Waals surface area contributed by atoms with Crippen LogP contribution in [0.1, 0.15) is 40.5 Å². The fourth-order valence-electron chi connectivity index (χ4n) is 2.31. The van der Waals surface area contributed by atoms with Crippen molar-refractivity contribution in [1.29, 1.82) is 0 Å². The molecule has 1 fully saturated rings. The third-order valence-electron chi connectivity index (χ3n) is 3.49. The van der Waals surface area contributed by atoms with Crippen LogP contribution in [-0.2, 0) is 0 Å². The fraction of sp³-hybridized carbons (Fsp3) is 0.429. The molecule has 5 nitrogen and oxygen atoms in total. The van der Waals surface area contributed by atoms with E-state index in [4.69, 9.17) is 5.73 Å². The minimum Gasteiger partial charge on any atom is -0.366 e. The Bertz CT molecular complexity index is 487. The third-order valence-corrected chi connectivity index (χ3v) is 3.49. The Balaban J connectivity index is 2.07. The highest BCUT2D eigenvalue weighted by molar-refractivity contribution is 5.99. The number of nitrogens with one attached hydrogen (secondary N) is 2. The highest BCUT2D eigenvalue weighted by Gasteiger charge is 2.22. The summed E-state index contributed by atoms with van der Waals surface area (Å²) < 4.78 is 0. The number of amides is 2. The Morgan fingerprint density at radius 1 is 1.37 bits per heavy atom. The summed E-state index contributed by atoms with van der Waals surface area (Å²) in [7, 11) is 0. The lowest BCUT2D eigenvalue weighted by Gasteiger charge is -2.30. The lowest BCUT2D eigenvalue weighted by atomic mass is 9.99. The van der Waals surface area contributed by atoms with Crippen LogP contribution in [0, 0.1) is 0 Å². The highest BCUT2D eigenvalue weighted by atomic mass is 16.2. The quantitative estimate of drug-likeness (QED) is 0.747. The van der Waals surface area contributed by atoms with E-state index in [0.717, 1.165) is 19.4 Å². The van der Waals surface area contributed by atoms with E-state index < -0.39 is 5.91 Å². The first-order valence-electron chi connectivity index (χ1n) is 6.52. The molecule has 0 saturated carbocycles. The summed E-state index contributed by atoms with van der Waals surface area (Å²) in [5, 5.41) is 6.33. The number of hydrogen-bond acceptors (Lipinski definition) is 3. The van der Waals surface area contributed by atoms with Gasteiger partial charge in [0.25, 0.3) is 5.91 Å². The number of piperidine rings is 1. The molecule has 1 saturated heterocycles. The number of carbonyl (C=O) groups excluding carboxylic acids is 2. The summed E-state index contributed by atoms with van der Waals surface area (Å²) in [4.78, 5) is 23.2. The molecule has 2 amide bonds. The smallest absolute Gasteiger partial charge is 0.251 e. The summed E-state index contributed by atoms with van der Waals surface area (Å²) >= 11 is 0. The van der Waals surface area contributed by atoms with E-state index in [2.05, 4.69) is 17.6 Å². The molecule has 5 heteroatoms. The maximum absolute atomic E-state index is 12.1. The Morgan fingerprint density at radius 2 is 2.11 bits per heavy atom. The molecule has 19 heavy (non-hydrogen) atoms. The van der Waals surface area contributed by atoms with Crippen LogP contribution in [0.3, 0.4) is 0 Å². The Kier molecular flexibility index (Phi) is 4.16. The SMILES string of the molecule is CC1NCCCC1NC(=O)c1cccc(C(N)=O)c1. The standard InChI is InChI=1S/C14H19N3O2/c1-9-12(6-3-7-16-9)17-14(19)11-5-2-4-10(8-11)13(15)18/h2,4-5,8-9,12,16H,3,6-7H2,1H3,(H2,15,18)(H,17,19). The number of benzene rings is 1. The van der Waals surface area contributed by atoms with Crippen LogP contribution in [0.4, 0.5) is 0 Å². The van der Waals surface area contributed by atoms with Crippen molar-refractivity contribution >= 4 is 11.8 Å². The van der Waals surface area contributed by atoms with Crippen molar-refractivity contribution in [3.05, 3.63) is 35.4 Å².